The van der Waals surface area contributed by atoms with Crippen LogP contribution < -0.4 is 5.32 Å². The minimum absolute atomic E-state index is 0.0899. The summed E-state index contributed by atoms with van der Waals surface area (Å²) in [4.78, 5) is 18.7. The second-order valence-electron chi connectivity index (χ2n) is 2.97. The van der Waals surface area contributed by atoms with Gasteiger partial charge in [-0.1, -0.05) is 0 Å². The van der Waals surface area contributed by atoms with E-state index in [1.54, 1.807) is 19.2 Å². The van der Waals surface area contributed by atoms with Crippen molar-refractivity contribution < 1.29 is 9.90 Å². The van der Waals surface area contributed by atoms with Crippen LogP contribution in [0.5, 0.6) is 0 Å². The van der Waals surface area contributed by atoms with Gasteiger partial charge in [-0.25, -0.2) is 14.8 Å². The summed E-state index contributed by atoms with van der Waals surface area (Å²) in [6.07, 6.45) is 6.70. The lowest BCUT2D eigenvalue weighted by Crippen LogP contribution is -2.29. The maximum Gasteiger partial charge on any atom is 0.327 e. The Bertz CT molecular complexity index is 398. The van der Waals surface area contributed by atoms with Gasteiger partial charge in [-0.2, -0.15) is 0 Å². The second-order valence-corrected chi connectivity index (χ2v) is 2.97. The van der Waals surface area contributed by atoms with Crippen LogP contribution >= 0.6 is 0 Å². The van der Waals surface area contributed by atoms with E-state index in [-0.39, 0.29) is 12.4 Å². The summed E-state index contributed by atoms with van der Waals surface area (Å²) < 4.78 is 0. The zero-order valence-corrected chi connectivity index (χ0v) is 8.27. The minimum atomic E-state index is -1.02. The monoisotopic (exact) mass is 205 g/mol. The Kier molecular flexibility index (Phi) is 3.63. The van der Waals surface area contributed by atoms with Crippen molar-refractivity contribution in [3.8, 4) is 12.3 Å². The Morgan fingerprint density at radius 1 is 1.80 bits per heavy atom. The van der Waals surface area contributed by atoms with Gasteiger partial charge in [0.15, 0.2) is 0 Å². The molecular weight excluding hydrogens is 194 g/mol. The number of anilines is 1. The van der Waals surface area contributed by atoms with Crippen molar-refractivity contribution in [2.45, 2.75) is 19.4 Å². The van der Waals surface area contributed by atoms with Gasteiger partial charge in [0.25, 0.3) is 0 Å². The Balaban J connectivity index is 2.75. The third-order valence-electron chi connectivity index (χ3n) is 1.72. The molecule has 0 amide bonds. The molecule has 5 nitrogen and oxygen atoms in total. The van der Waals surface area contributed by atoms with Gasteiger partial charge < -0.3 is 10.4 Å². The highest BCUT2D eigenvalue weighted by Crippen LogP contribution is 2.03. The van der Waals surface area contributed by atoms with E-state index in [1.165, 1.54) is 0 Å². The molecular formula is C10H11N3O2. The molecule has 0 aliphatic carbocycles. The summed E-state index contributed by atoms with van der Waals surface area (Å²) in [6.45, 7) is 1.80. The molecule has 2 N–H and O–H groups in total. The van der Waals surface area contributed by atoms with Gasteiger partial charge in [0.05, 0.1) is 0 Å². The molecule has 1 aromatic rings. The third kappa shape index (κ3) is 3.27. The van der Waals surface area contributed by atoms with E-state index < -0.39 is 12.0 Å². The van der Waals surface area contributed by atoms with E-state index in [0.717, 1.165) is 5.69 Å². The third-order valence-corrected chi connectivity index (χ3v) is 1.72. The first-order valence-electron chi connectivity index (χ1n) is 4.36. The first-order chi connectivity index (χ1) is 7.13. The van der Waals surface area contributed by atoms with Crippen LogP contribution in [0.3, 0.4) is 0 Å². The lowest BCUT2D eigenvalue weighted by Gasteiger charge is -2.11. The molecule has 0 aliphatic rings. The Morgan fingerprint density at radius 2 is 2.53 bits per heavy atom. The van der Waals surface area contributed by atoms with Gasteiger partial charge in [0, 0.05) is 18.3 Å². The topological polar surface area (TPSA) is 75.1 Å². The van der Waals surface area contributed by atoms with Crippen LogP contribution in [0.25, 0.3) is 0 Å². The molecule has 1 atom stereocenters. The number of aromatic nitrogens is 2. The number of aliphatic carboxylic acids is 1. The average molecular weight is 205 g/mol. The fourth-order valence-corrected chi connectivity index (χ4v) is 0.992. The van der Waals surface area contributed by atoms with Crippen molar-refractivity contribution in [2.24, 2.45) is 0 Å². The van der Waals surface area contributed by atoms with E-state index in [9.17, 15) is 4.79 Å². The smallest absolute Gasteiger partial charge is 0.327 e. The summed E-state index contributed by atoms with van der Waals surface area (Å²) in [5, 5.41) is 11.5. The summed E-state index contributed by atoms with van der Waals surface area (Å²) >= 11 is 0. The van der Waals surface area contributed by atoms with Gasteiger partial charge in [-0.15, -0.1) is 12.3 Å². The molecule has 1 aromatic heterocycles. The predicted octanol–water partition coefficient (Wildman–Crippen LogP) is 0.673. The lowest BCUT2D eigenvalue weighted by atomic mass is 10.2. The highest BCUT2D eigenvalue weighted by atomic mass is 16.4. The number of nitrogens with zero attached hydrogens (tertiary/aromatic N) is 2. The van der Waals surface area contributed by atoms with Crippen molar-refractivity contribution in [1.29, 1.82) is 0 Å². The van der Waals surface area contributed by atoms with Gasteiger partial charge in [0.1, 0.15) is 6.04 Å². The number of rotatable bonds is 4. The molecule has 0 bridgehead atoms. The molecule has 15 heavy (non-hydrogen) atoms. The van der Waals surface area contributed by atoms with Crippen LogP contribution in [0.15, 0.2) is 12.3 Å². The number of carboxylic acid groups (broad SMARTS) is 1. The van der Waals surface area contributed by atoms with Crippen LogP contribution in [0.2, 0.25) is 0 Å². The standard InChI is InChI=1S/C10H11N3O2/c1-3-4-8(9(14)15)13-10-11-6-5-7(2)12-10/h1,5-6,8H,4H2,2H3,(H,14,15)(H,11,12,13). The Hall–Kier alpha value is -2.09. The first kappa shape index (κ1) is 11.0. The number of terminal acetylenes is 1. The zero-order chi connectivity index (χ0) is 11.3. The van der Waals surface area contributed by atoms with Gasteiger partial charge in [0.2, 0.25) is 5.95 Å². The number of aryl methyl sites for hydroxylation is 1. The van der Waals surface area contributed by atoms with Crippen LogP contribution in [0.1, 0.15) is 12.1 Å². The number of carbonyl (C=O) groups is 1. The summed E-state index contributed by atoms with van der Waals surface area (Å²) in [5.41, 5.74) is 0.761. The molecule has 1 unspecified atom stereocenters. The fourth-order valence-electron chi connectivity index (χ4n) is 0.992. The normalized spacial score (nSPS) is 11.5. The van der Waals surface area contributed by atoms with Crippen molar-refractivity contribution in [3.63, 3.8) is 0 Å². The molecule has 0 saturated carbocycles. The van der Waals surface area contributed by atoms with E-state index >= 15 is 0 Å². The number of hydrogen-bond donors (Lipinski definition) is 2. The van der Waals surface area contributed by atoms with E-state index in [2.05, 4.69) is 21.2 Å². The Labute approximate surface area is 87.6 Å². The molecule has 0 aromatic carbocycles. The highest BCUT2D eigenvalue weighted by Gasteiger charge is 2.16. The van der Waals surface area contributed by atoms with E-state index in [4.69, 9.17) is 11.5 Å². The number of carboxylic acids is 1. The fraction of sp³-hybridized carbons (Fsp3) is 0.300. The largest absolute Gasteiger partial charge is 0.480 e. The van der Waals surface area contributed by atoms with Crippen LogP contribution in [0, 0.1) is 19.3 Å². The summed E-state index contributed by atoms with van der Waals surface area (Å²) in [5.74, 6) is 1.55. The van der Waals surface area contributed by atoms with Gasteiger partial charge >= 0.3 is 5.97 Å². The molecule has 1 heterocycles. The summed E-state index contributed by atoms with van der Waals surface area (Å²) in [7, 11) is 0. The van der Waals surface area contributed by atoms with Crippen LogP contribution in [0.4, 0.5) is 5.95 Å². The average Bonchev–Trinajstić information content (AvgIpc) is 2.17. The SMILES string of the molecule is C#CCC(Nc1nccc(C)n1)C(=O)O. The molecule has 0 fully saturated rings. The number of hydrogen-bond acceptors (Lipinski definition) is 4. The van der Waals surface area contributed by atoms with Gasteiger partial charge in [-0.3, -0.25) is 0 Å². The van der Waals surface area contributed by atoms with Crippen molar-refractivity contribution in [3.05, 3.63) is 18.0 Å². The van der Waals surface area contributed by atoms with Crippen molar-refractivity contribution >= 4 is 11.9 Å². The summed E-state index contributed by atoms with van der Waals surface area (Å²) in [6, 6.07) is 0.874. The maximum atomic E-state index is 10.8. The second kappa shape index (κ2) is 4.96. The molecule has 5 heteroatoms. The molecule has 78 valence electrons. The van der Waals surface area contributed by atoms with E-state index in [0.29, 0.717) is 0 Å². The van der Waals surface area contributed by atoms with Crippen LogP contribution in [-0.2, 0) is 4.79 Å². The van der Waals surface area contributed by atoms with Crippen molar-refractivity contribution in [1.82, 2.24) is 9.97 Å². The maximum absolute atomic E-state index is 10.8. The quantitative estimate of drug-likeness (QED) is 0.707. The molecule has 0 aliphatic heterocycles. The van der Waals surface area contributed by atoms with Crippen molar-refractivity contribution in [2.75, 3.05) is 5.32 Å². The van der Waals surface area contributed by atoms with Crippen LogP contribution in [-0.4, -0.2) is 27.1 Å². The number of nitrogens with one attached hydrogen (secondary N) is 1. The zero-order valence-electron chi connectivity index (χ0n) is 8.27. The Morgan fingerprint density at radius 3 is 3.07 bits per heavy atom. The predicted molar refractivity (Wildman–Crippen MR) is 55.3 cm³/mol. The molecule has 0 radical (unpaired) electrons. The molecule has 1 rings (SSSR count). The van der Waals surface area contributed by atoms with E-state index in [1.807, 2.05) is 0 Å². The first-order valence-corrected chi connectivity index (χ1v) is 4.36. The minimum Gasteiger partial charge on any atom is -0.480 e. The molecule has 0 saturated heterocycles. The molecule has 0 spiro atoms. The highest BCUT2D eigenvalue weighted by molar-refractivity contribution is 5.76. The van der Waals surface area contributed by atoms with Gasteiger partial charge in [-0.05, 0) is 13.0 Å². The lowest BCUT2D eigenvalue weighted by molar-refractivity contribution is -0.137.